The van der Waals surface area contributed by atoms with Gasteiger partial charge in [0.15, 0.2) is 17.4 Å². The molecule has 0 fully saturated rings. The minimum atomic E-state index is -0.976. The monoisotopic (exact) mass is 230 g/mol. The number of rotatable bonds is 4. The standard InChI is InChI=1S/C11H12F2OS/c1-7(2)15-6-11(14)8-3-4-9(12)10(13)5-8/h3-5,7H,6H2,1-2H3. The van der Waals surface area contributed by atoms with Crippen molar-refractivity contribution in [1.29, 1.82) is 0 Å². The Morgan fingerprint density at radius 1 is 1.33 bits per heavy atom. The molecule has 0 heterocycles. The zero-order chi connectivity index (χ0) is 11.4. The van der Waals surface area contributed by atoms with E-state index in [1.165, 1.54) is 17.8 Å². The molecule has 0 atom stereocenters. The smallest absolute Gasteiger partial charge is 0.172 e. The average molecular weight is 230 g/mol. The van der Waals surface area contributed by atoms with Crippen molar-refractivity contribution < 1.29 is 13.6 Å². The highest BCUT2D eigenvalue weighted by Gasteiger charge is 2.10. The van der Waals surface area contributed by atoms with Gasteiger partial charge < -0.3 is 0 Å². The lowest BCUT2D eigenvalue weighted by molar-refractivity contribution is 0.102. The summed E-state index contributed by atoms with van der Waals surface area (Å²) in [6, 6.07) is 3.22. The first-order valence-corrected chi connectivity index (χ1v) is 5.65. The first-order chi connectivity index (χ1) is 7.00. The predicted molar refractivity (Wildman–Crippen MR) is 58.3 cm³/mol. The second kappa shape index (κ2) is 5.26. The van der Waals surface area contributed by atoms with E-state index in [0.717, 1.165) is 12.1 Å². The molecule has 1 aromatic carbocycles. The SMILES string of the molecule is CC(C)SCC(=O)c1ccc(F)c(F)c1. The van der Waals surface area contributed by atoms with E-state index >= 15 is 0 Å². The van der Waals surface area contributed by atoms with Crippen LogP contribution in [0.3, 0.4) is 0 Å². The van der Waals surface area contributed by atoms with Crippen LogP contribution < -0.4 is 0 Å². The van der Waals surface area contributed by atoms with Crippen molar-refractivity contribution in [3.8, 4) is 0 Å². The van der Waals surface area contributed by atoms with Gasteiger partial charge in [-0.05, 0) is 23.4 Å². The van der Waals surface area contributed by atoms with Crippen molar-refractivity contribution in [3.63, 3.8) is 0 Å². The Kier molecular flexibility index (Phi) is 4.27. The molecule has 4 heteroatoms. The third-order valence-electron chi connectivity index (χ3n) is 1.79. The molecule has 0 unspecified atom stereocenters. The van der Waals surface area contributed by atoms with Gasteiger partial charge in [-0.1, -0.05) is 13.8 Å². The topological polar surface area (TPSA) is 17.1 Å². The van der Waals surface area contributed by atoms with E-state index in [-0.39, 0.29) is 11.3 Å². The molecule has 0 amide bonds. The van der Waals surface area contributed by atoms with Gasteiger partial charge in [0, 0.05) is 5.56 Å². The Bertz CT molecular complexity index is 364. The summed E-state index contributed by atoms with van der Waals surface area (Å²) in [5.41, 5.74) is 0.224. The number of Topliss-reactive ketones (excluding diaryl/α,β-unsaturated/α-hetero) is 1. The fraction of sp³-hybridized carbons (Fsp3) is 0.364. The Morgan fingerprint density at radius 2 is 2.00 bits per heavy atom. The summed E-state index contributed by atoms with van der Waals surface area (Å²) < 4.78 is 25.4. The molecule has 0 aliphatic rings. The number of ketones is 1. The molecule has 1 nitrogen and oxygen atoms in total. The highest BCUT2D eigenvalue weighted by Crippen LogP contribution is 2.14. The van der Waals surface area contributed by atoms with Crippen LogP contribution in [0.2, 0.25) is 0 Å². The molecule has 0 aliphatic carbocycles. The molecular formula is C11H12F2OS. The molecule has 0 aliphatic heterocycles. The van der Waals surface area contributed by atoms with Gasteiger partial charge in [0.2, 0.25) is 0 Å². The quantitative estimate of drug-likeness (QED) is 0.738. The van der Waals surface area contributed by atoms with Crippen molar-refractivity contribution >= 4 is 17.5 Å². The van der Waals surface area contributed by atoms with Crippen LogP contribution in [-0.2, 0) is 0 Å². The highest BCUT2D eigenvalue weighted by molar-refractivity contribution is 8.00. The molecular weight excluding hydrogens is 218 g/mol. The first-order valence-electron chi connectivity index (χ1n) is 4.60. The third-order valence-corrected chi connectivity index (χ3v) is 2.88. The van der Waals surface area contributed by atoms with Crippen molar-refractivity contribution in [2.24, 2.45) is 0 Å². The lowest BCUT2D eigenvalue weighted by atomic mass is 10.1. The Morgan fingerprint density at radius 3 is 2.53 bits per heavy atom. The zero-order valence-corrected chi connectivity index (χ0v) is 9.41. The molecule has 0 spiro atoms. The van der Waals surface area contributed by atoms with Crippen molar-refractivity contribution in [2.75, 3.05) is 5.75 Å². The van der Waals surface area contributed by atoms with E-state index in [9.17, 15) is 13.6 Å². The van der Waals surface area contributed by atoms with Crippen LogP contribution in [0, 0.1) is 11.6 Å². The maximum absolute atomic E-state index is 12.8. The summed E-state index contributed by atoms with van der Waals surface area (Å²) in [5.74, 6) is -1.78. The molecule has 0 saturated heterocycles. The largest absolute Gasteiger partial charge is 0.293 e. The van der Waals surface area contributed by atoms with Crippen molar-refractivity contribution in [1.82, 2.24) is 0 Å². The molecule has 0 bridgehead atoms. The number of hydrogen-bond donors (Lipinski definition) is 0. The lowest BCUT2D eigenvalue weighted by Gasteiger charge is -2.04. The first kappa shape index (κ1) is 12.2. The van der Waals surface area contributed by atoms with E-state index in [1.807, 2.05) is 13.8 Å². The molecule has 1 aromatic rings. The number of carbonyl (C=O) groups excluding carboxylic acids is 1. The minimum Gasteiger partial charge on any atom is -0.293 e. The van der Waals surface area contributed by atoms with Crippen LogP contribution in [0.5, 0.6) is 0 Å². The summed E-state index contributed by atoms with van der Waals surface area (Å²) in [7, 11) is 0. The van der Waals surface area contributed by atoms with Crippen LogP contribution in [0.15, 0.2) is 18.2 Å². The highest BCUT2D eigenvalue weighted by atomic mass is 32.2. The van der Waals surface area contributed by atoms with E-state index in [1.54, 1.807) is 0 Å². The molecule has 82 valence electrons. The summed E-state index contributed by atoms with van der Waals surface area (Å²) in [4.78, 5) is 11.5. The number of hydrogen-bond acceptors (Lipinski definition) is 2. The second-order valence-electron chi connectivity index (χ2n) is 3.41. The van der Waals surface area contributed by atoms with Crippen molar-refractivity contribution in [2.45, 2.75) is 19.1 Å². The number of benzene rings is 1. The second-order valence-corrected chi connectivity index (χ2v) is 4.98. The molecule has 1 rings (SSSR count). The van der Waals surface area contributed by atoms with Gasteiger partial charge in [-0.15, -0.1) is 0 Å². The van der Waals surface area contributed by atoms with Gasteiger partial charge in [-0.3, -0.25) is 4.79 Å². The molecule has 0 radical (unpaired) electrons. The van der Waals surface area contributed by atoms with Crippen LogP contribution in [-0.4, -0.2) is 16.8 Å². The normalized spacial score (nSPS) is 10.7. The Hall–Kier alpha value is -0.900. The summed E-state index contributed by atoms with van der Waals surface area (Å²) in [6.45, 7) is 3.95. The Labute approximate surface area is 91.9 Å². The van der Waals surface area contributed by atoms with Gasteiger partial charge in [0.25, 0.3) is 0 Å². The van der Waals surface area contributed by atoms with Gasteiger partial charge in [-0.25, -0.2) is 8.78 Å². The maximum atomic E-state index is 12.8. The average Bonchev–Trinajstić information content (AvgIpc) is 2.18. The molecule has 0 aromatic heterocycles. The number of carbonyl (C=O) groups is 1. The summed E-state index contributed by atoms with van der Waals surface area (Å²) in [6.07, 6.45) is 0. The van der Waals surface area contributed by atoms with Crippen LogP contribution >= 0.6 is 11.8 Å². The van der Waals surface area contributed by atoms with E-state index < -0.39 is 11.6 Å². The number of thioether (sulfide) groups is 1. The fourth-order valence-corrected chi connectivity index (χ4v) is 1.65. The number of halogens is 2. The third kappa shape index (κ3) is 3.63. The minimum absolute atomic E-state index is 0.174. The van der Waals surface area contributed by atoms with E-state index in [4.69, 9.17) is 0 Å². The molecule has 15 heavy (non-hydrogen) atoms. The zero-order valence-electron chi connectivity index (χ0n) is 8.59. The van der Waals surface area contributed by atoms with Gasteiger partial charge in [-0.2, -0.15) is 11.8 Å². The lowest BCUT2D eigenvalue weighted by Crippen LogP contribution is -2.05. The van der Waals surface area contributed by atoms with Gasteiger partial charge >= 0.3 is 0 Å². The maximum Gasteiger partial charge on any atom is 0.172 e. The van der Waals surface area contributed by atoms with E-state index in [0.29, 0.717) is 11.0 Å². The summed E-state index contributed by atoms with van der Waals surface area (Å²) in [5, 5.41) is 0.347. The molecule has 0 N–H and O–H groups in total. The predicted octanol–water partition coefficient (Wildman–Crippen LogP) is 3.29. The van der Waals surface area contributed by atoms with Crippen LogP contribution in [0.1, 0.15) is 24.2 Å². The Balaban J connectivity index is 2.70. The van der Waals surface area contributed by atoms with Gasteiger partial charge in [0.1, 0.15) is 0 Å². The van der Waals surface area contributed by atoms with Crippen LogP contribution in [0.25, 0.3) is 0 Å². The van der Waals surface area contributed by atoms with E-state index in [2.05, 4.69) is 0 Å². The summed E-state index contributed by atoms with van der Waals surface area (Å²) >= 11 is 1.48. The fourth-order valence-electron chi connectivity index (χ4n) is 0.995. The molecule has 0 saturated carbocycles. The van der Waals surface area contributed by atoms with Crippen molar-refractivity contribution in [3.05, 3.63) is 35.4 Å². The van der Waals surface area contributed by atoms with Gasteiger partial charge in [0.05, 0.1) is 5.75 Å². The van der Waals surface area contributed by atoms with Crippen LogP contribution in [0.4, 0.5) is 8.78 Å².